The summed E-state index contributed by atoms with van der Waals surface area (Å²) in [6.07, 6.45) is 4.16. The summed E-state index contributed by atoms with van der Waals surface area (Å²) in [6.45, 7) is 1.96. The van der Waals surface area contributed by atoms with E-state index in [9.17, 15) is 0 Å². The number of halogens is 1. The van der Waals surface area contributed by atoms with Crippen LogP contribution in [0.1, 0.15) is 23.4 Å². The van der Waals surface area contributed by atoms with Crippen molar-refractivity contribution in [1.82, 2.24) is 9.78 Å². The van der Waals surface area contributed by atoms with E-state index in [2.05, 4.69) is 5.10 Å². The van der Waals surface area contributed by atoms with Gasteiger partial charge in [-0.05, 0) is 31.9 Å². The van der Waals surface area contributed by atoms with Gasteiger partial charge in [0.05, 0.1) is 12.0 Å². The van der Waals surface area contributed by atoms with E-state index in [-0.39, 0.29) is 6.04 Å². The van der Waals surface area contributed by atoms with Crippen LogP contribution in [0.5, 0.6) is 0 Å². The second kappa shape index (κ2) is 5.59. The van der Waals surface area contributed by atoms with Crippen LogP contribution in [0.3, 0.4) is 0 Å². The van der Waals surface area contributed by atoms with E-state index in [0.717, 1.165) is 36.3 Å². The second-order valence-corrected chi connectivity index (χ2v) is 4.92. The molecule has 0 aliphatic carbocycles. The highest BCUT2D eigenvalue weighted by molar-refractivity contribution is 6.30. The van der Waals surface area contributed by atoms with Crippen molar-refractivity contribution in [3.63, 3.8) is 0 Å². The zero-order chi connectivity index (χ0) is 13.1. The van der Waals surface area contributed by atoms with Crippen molar-refractivity contribution in [2.45, 2.75) is 32.2 Å². The van der Waals surface area contributed by atoms with Crippen LogP contribution in [-0.2, 0) is 19.9 Å². The fourth-order valence-corrected chi connectivity index (χ4v) is 2.30. The smallest absolute Gasteiger partial charge is 0.130 e. The average molecular weight is 268 g/mol. The molecule has 0 fully saturated rings. The molecule has 0 saturated carbocycles. The molecule has 2 aromatic heterocycles. The van der Waals surface area contributed by atoms with Crippen LogP contribution in [0.2, 0.25) is 5.15 Å². The molecule has 0 saturated heterocycles. The highest BCUT2D eigenvalue weighted by Gasteiger charge is 2.15. The number of hydrogen-bond acceptors (Lipinski definition) is 3. The number of hydrogen-bond donors (Lipinski definition) is 1. The summed E-state index contributed by atoms with van der Waals surface area (Å²) in [5.41, 5.74) is 8.13. The topological polar surface area (TPSA) is 57.0 Å². The standard InChI is InChI=1S/C13H18ClN3O/c1-9-12(13(14)17(2)16-9)8-10(15)5-6-11-4-3-7-18-11/h3-4,7,10H,5-6,8,15H2,1-2H3. The summed E-state index contributed by atoms with van der Waals surface area (Å²) in [5, 5.41) is 4.97. The van der Waals surface area contributed by atoms with Crippen molar-refractivity contribution in [2.24, 2.45) is 12.8 Å². The molecule has 2 N–H and O–H groups in total. The molecular formula is C13H18ClN3O. The van der Waals surface area contributed by atoms with Gasteiger partial charge >= 0.3 is 0 Å². The first-order valence-corrected chi connectivity index (χ1v) is 6.41. The number of aryl methyl sites for hydroxylation is 3. The van der Waals surface area contributed by atoms with Crippen molar-refractivity contribution in [3.8, 4) is 0 Å². The minimum atomic E-state index is 0.0653. The third-order valence-corrected chi connectivity index (χ3v) is 3.55. The van der Waals surface area contributed by atoms with Gasteiger partial charge in [-0.3, -0.25) is 4.68 Å². The van der Waals surface area contributed by atoms with Crippen molar-refractivity contribution in [3.05, 3.63) is 40.6 Å². The Morgan fingerprint density at radius 3 is 2.89 bits per heavy atom. The first-order valence-electron chi connectivity index (χ1n) is 6.04. The first-order chi connectivity index (χ1) is 8.58. The third-order valence-electron chi connectivity index (χ3n) is 3.08. The molecule has 0 bridgehead atoms. The van der Waals surface area contributed by atoms with Gasteiger partial charge in [0.2, 0.25) is 0 Å². The van der Waals surface area contributed by atoms with Gasteiger partial charge in [0, 0.05) is 25.1 Å². The highest BCUT2D eigenvalue weighted by Crippen LogP contribution is 2.20. The molecule has 2 rings (SSSR count). The molecule has 5 heteroatoms. The van der Waals surface area contributed by atoms with Crippen molar-refractivity contribution >= 4 is 11.6 Å². The lowest BCUT2D eigenvalue weighted by molar-refractivity contribution is 0.484. The van der Waals surface area contributed by atoms with E-state index in [1.807, 2.05) is 26.1 Å². The molecule has 1 atom stereocenters. The molecule has 18 heavy (non-hydrogen) atoms. The molecule has 2 aromatic rings. The minimum absolute atomic E-state index is 0.0653. The Morgan fingerprint density at radius 2 is 2.33 bits per heavy atom. The van der Waals surface area contributed by atoms with Crippen LogP contribution in [0, 0.1) is 6.92 Å². The molecule has 0 aliphatic rings. The van der Waals surface area contributed by atoms with Crippen LogP contribution in [0.15, 0.2) is 22.8 Å². The maximum absolute atomic E-state index is 6.18. The molecule has 1 unspecified atom stereocenters. The number of aromatic nitrogens is 2. The summed E-state index contributed by atoms with van der Waals surface area (Å²) in [6, 6.07) is 3.92. The third kappa shape index (κ3) is 2.94. The van der Waals surface area contributed by atoms with Crippen LogP contribution < -0.4 is 5.73 Å². The van der Waals surface area contributed by atoms with Gasteiger partial charge in [0.25, 0.3) is 0 Å². The number of furan rings is 1. The largest absolute Gasteiger partial charge is 0.469 e. The Morgan fingerprint density at radius 1 is 1.56 bits per heavy atom. The molecule has 0 spiro atoms. The molecule has 0 aliphatic heterocycles. The molecule has 4 nitrogen and oxygen atoms in total. The Bertz CT molecular complexity index is 505. The first kappa shape index (κ1) is 13.2. The molecular weight excluding hydrogens is 250 g/mol. The van der Waals surface area contributed by atoms with E-state index >= 15 is 0 Å². The highest BCUT2D eigenvalue weighted by atomic mass is 35.5. The Kier molecular flexibility index (Phi) is 4.09. The zero-order valence-corrected chi connectivity index (χ0v) is 11.4. The summed E-state index contributed by atoms with van der Waals surface area (Å²) < 4.78 is 6.97. The van der Waals surface area contributed by atoms with E-state index in [1.54, 1.807) is 10.9 Å². The fourth-order valence-electron chi connectivity index (χ4n) is 2.05. The summed E-state index contributed by atoms with van der Waals surface area (Å²) in [4.78, 5) is 0. The van der Waals surface area contributed by atoms with Gasteiger partial charge in [0.15, 0.2) is 0 Å². The van der Waals surface area contributed by atoms with Gasteiger partial charge in [0.1, 0.15) is 10.9 Å². The molecule has 0 amide bonds. The SMILES string of the molecule is Cc1nn(C)c(Cl)c1CC(N)CCc1ccco1. The zero-order valence-electron chi connectivity index (χ0n) is 10.7. The second-order valence-electron chi connectivity index (χ2n) is 4.56. The molecule has 0 aromatic carbocycles. The maximum Gasteiger partial charge on any atom is 0.130 e. The summed E-state index contributed by atoms with van der Waals surface area (Å²) in [5.74, 6) is 0.972. The summed E-state index contributed by atoms with van der Waals surface area (Å²) >= 11 is 6.18. The quantitative estimate of drug-likeness (QED) is 0.905. The number of nitrogens with zero attached hydrogens (tertiary/aromatic N) is 2. The van der Waals surface area contributed by atoms with E-state index in [4.69, 9.17) is 21.8 Å². The minimum Gasteiger partial charge on any atom is -0.469 e. The van der Waals surface area contributed by atoms with E-state index in [1.165, 1.54) is 0 Å². The van der Waals surface area contributed by atoms with Gasteiger partial charge < -0.3 is 10.2 Å². The lowest BCUT2D eigenvalue weighted by Crippen LogP contribution is -2.23. The molecule has 98 valence electrons. The van der Waals surface area contributed by atoms with E-state index in [0.29, 0.717) is 5.15 Å². The fraction of sp³-hybridized carbons (Fsp3) is 0.462. The van der Waals surface area contributed by atoms with Crippen molar-refractivity contribution in [2.75, 3.05) is 0 Å². The van der Waals surface area contributed by atoms with Crippen molar-refractivity contribution < 1.29 is 4.42 Å². The predicted molar refractivity (Wildman–Crippen MR) is 71.7 cm³/mol. The molecule has 2 heterocycles. The lowest BCUT2D eigenvalue weighted by Gasteiger charge is -2.10. The number of nitrogens with two attached hydrogens (primary N) is 1. The average Bonchev–Trinajstić information content (AvgIpc) is 2.92. The van der Waals surface area contributed by atoms with Gasteiger partial charge in [-0.25, -0.2) is 0 Å². The molecule has 0 radical (unpaired) electrons. The van der Waals surface area contributed by atoms with Crippen LogP contribution in [0.25, 0.3) is 0 Å². The van der Waals surface area contributed by atoms with Gasteiger partial charge in [-0.1, -0.05) is 11.6 Å². The Labute approximate surface area is 112 Å². The van der Waals surface area contributed by atoms with Crippen LogP contribution >= 0.6 is 11.6 Å². The van der Waals surface area contributed by atoms with E-state index < -0.39 is 0 Å². The lowest BCUT2D eigenvalue weighted by atomic mass is 10.0. The maximum atomic E-state index is 6.18. The number of rotatable bonds is 5. The van der Waals surface area contributed by atoms with Gasteiger partial charge in [-0.15, -0.1) is 0 Å². The van der Waals surface area contributed by atoms with Crippen molar-refractivity contribution in [1.29, 1.82) is 0 Å². The monoisotopic (exact) mass is 267 g/mol. The van der Waals surface area contributed by atoms with Crippen LogP contribution in [0.4, 0.5) is 0 Å². The summed E-state index contributed by atoms with van der Waals surface area (Å²) in [7, 11) is 1.84. The predicted octanol–water partition coefficient (Wildman–Crippen LogP) is 2.48. The Balaban J connectivity index is 1.92. The normalized spacial score (nSPS) is 12.9. The van der Waals surface area contributed by atoms with Gasteiger partial charge in [-0.2, -0.15) is 5.10 Å². The Hall–Kier alpha value is -1.26. The van der Waals surface area contributed by atoms with Crippen LogP contribution in [-0.4, -0.2) is 15.8 Å².